The van der Waals surface area contributed by atoms with Gasteiger partial charge in [-0.3, -0.25) is 14.9 Å². The fourth-order valence-electron chi connectivity index (χ4n) is 1.97. The molecule has 0 heterocycles. The maximum Gasteiger partial charge on any atom is 0.405 e. The fraction of sp³-hybridized carbons (Fsp3) is 0.176. The summed E-state index contributed by atoms with van der Waals surface area (Å²) in [4.78, 5) is 33.4. The van der Waals surface area contributed by atoms with Crippen molar-refractivity contribution in [2.75, 3.05) is 13.2 Å². The number of nitrogens with one attached hydrogen (secondary N) is 1. The number of amides is 1. The molecule has 0 aromatic heterocycles. The van der Waals surface area contributed by atoms with Gasteiger partial charge in [0.2, 0.25) is 5.75 Å². The molecular formula is C17H12ClF3N2O6. The van der Waals surface area contributed by atoms with Gasteiger partial charge in [-0.1, -0.05) is 11.6 Å². The van der Waals surface area contributed by atoms with Crippen LogP contribution in [-0.2, 0) is 9.53 Å². The first-order chi connectivity index (χ1) is 13.5. The Kier molecular flexibility index (Phi) is 6.99. The summed E-state index contributed by atoms with van der Waals surface area (Å²) in [5.41, 5.74) is -0.363. The fourth-order valence-corrected chi connectivity index (χ4v) is 2.14. The molecule has 2 aromatic rings. The summed E-state index contributed by atoms with van der Waals surface area (Å²) in [7, 11) is 0. The number of hydrogen-bond acceptors (Lipinski definition) is 6. The van der Waals surface area contributed by atoms with Crippen molar-refractivity contribution < 1.29 is 37.2 Å². The summed E-state index contributed by atoms with van der Waals surface area (Å²) < 4.78 is 46.0. The molecule has 2 rings (SSSR count). The number of rotatable bonds is 7. The minimum absolute atomic E-state index is 0.00780. The average molecular weight is 433 g/mol. The van der Waals surface area contributed by atoms with Gasteiger partial charge in [0.1, 0.15) is 12.3 Å². The number of carbonyl (C=O) groups is 2. The highest BCUT2D eigenvalue weighted by Gasteiger charge is 2.27. The van der Waals surface area contributed by atoms with Crippen LogP contribution in [0.15, 0.2) is 42.5 Å². The van der Waals surface area contributed by atoms with Crippen molar-refractivity contribution in [3.05, 3.63) is 63.2 Å². The third-order valence-electron chi connectivity index (χ3n) is 3.26. The first-order valence-electron chi connectivity index (χ1n) is 7.77. The molecule has 0 aliphatic rings. The minimum atomic E-state index is -4.57. The van der Waals surface area contributed by atoms with Crippen LogP contribution >= 0.6 is 11.6 Å². The van der Waals surface area contributed by atoms with Crippen molar-refractivity contribution in [1.29, 1.82) is 0 Å². The van der Waals surface area contributed by atoms with Crippen molar-refractivity contribution in [3.8, 4) is 11.5 Å². The lowest BCUT2D eigenvalue weighted by molar-refractivity contribution is -0.385. The molecule has 154 valence electrons. The second kappa shape index (κ2) is 9.24. The first-order valence-corrected chi connectivity index (χ1v) is 8.15. The Morgan fingerprint density at radius 2 is 1.79 bits per heavy atom. The first kappa shape index (κ1) is 22.0. The Balaban J connectivity index is 1.96. The van der Waals surface area contributed by atoms with Gasteiger partial charge in [-0.2, -0.15) is 13.2 Å². The highest BCUT2D eigenvalue weighted by molar-refractivity contribution is 6.30. The van der Waals surface area contributed by atoms with Crippen molar-refractivity contribution >= 4 is 29.2 Å². The standard InChI is InChI=1S/C17H12ClF3N2O6/c18-11-3-6-14(13(7-11)23(26)27)29-12-4-1-10(2-5-12)16(25)28-8-15(24)22-9-17(19,20)21/h1-7H,8-9H2,(H,22,24). The number of nitro benzene ring substituents is 1. The number of nitrogens with zero attached hydrogens (tertiary/aromatic N) is 1. The molecule has 0 bridgehead atoms. The van der Waals surface area contributed by atoms with Gasteiger partial charge in [-0.15, -0.1) is 0 Å². The Bertz CT molecular complexity index is 918. The predicted molar refractivity (Wildman–Crippen MR) is 94.0 cm³/mol. The van der Waals surface area contributed by atoms with Crippen molar-refractivity contribution in [3.63, 3.8) is 0 Å². The summed E-state index contributed by atoms with van der Waals surface area (Å²) in [5.74, 6) is -1.96. The smallest absolute Gasteiger partial charge is 0.405 e. The number of esters is 1. The van der Waals surface area contributed by atoms with Crippen LogP contribution in [0.3, 0.4) is 0 Å². The van der Waals surface area contributed by atoms with Gasteiger partial charge in [-0.05, 0) is 36.4 Å². The van der Waals surface area contributed by atoms with Gasteiger partial charge < -0.3 is 14.8 Å². The van der Waals surface area contributed by atoms with Crippen LogP contribution in [-0.4, -0.2) is 36.1 Å². The number of halogens is 4. The molecule has 0 saturated heterocycles. The molecule has 0 fully saturated rings. The van der Waals surface area contributed by atoms with Gasteiger partial charge in [0.25, 0.3) is 5.91 Å². The lowest BCUT2D eigenvalue weighted by Crippen LogP contribution is -2.36. The highest BCUT2D eigenvalue weighted by atomic mass is 35.5. The molecule has 0 spiro atoms. The van der Waals surface area contributed by atoms with Crippen LogP contribution in [0.4, 0.5) is 18.9 Å². The van der Waals surface area contributed by atoms with E-state index in [9.17, 15) is 32.9 Å². The zero-order chi connectivity index (χ0) is 21.6. The molecular weight excluding hydrogens is 421 g/mol. The summed E-state index contributed by atoms with van der Waals surface area (Å²) in [6.45, 7) is -2.42. The molecule has 0 aliphatic carbocycles. The molecule has 0 unspecified atom stereocenters. The Hall–Kier alpha value is -3.34. The summed E-state index contributed by atoms with van der Waals surface area (Å²) in [5, 5.41) is 12.8. The SMILES string of the molecule is O=C(COC(=O)c1ccc(Oc2ccc(Cl)cc2[N+](=O)[O-])cc1)NCC(F)(F)F. The molecule has 2 aromatic carbocycles. The van der Waals surface area contributed by atoms with Crippen LogP contribution < -0.4 is 10.1 Å². The lowest BCUT2D eigenvalue weighted by atomic mass is 10.2. The highest BCUT2D eigenvalue weighted by Crippen LogP contribution is 2.33. The van der Waals surface area contributed by atoms with Crippen LogP contribution in [0, 0.1) is 10.1 Å². The second-order valence-corrected chi connectivity index (χ2v) is 5.90. The van der Waals surface area contributed by atoms with Crippen molar-refractivity contribution in [1.82, 2.24) is 5.32 Å². The van der Waals surface area contributed by atoms with Gasteiger partial charge in [0.05, 0.1) is 10.5 Å². The van der Waals surface area contributed by atoms with Crippen molar-refractivity contribution in [2.45, 2.75) is 6.18 Å². The number of alkyl halides is 3. The van der Waals surface area contributed by atoms with E-state index in [1.165, 1.54) is 36.4 Å². The molecule has 0 atom stereocenters. The van der Waals surface area contributed by atoms with Crippen molar-refractivity contribution in [2.24, 2.45) is 0 Å². The number of hydrogen-bond donors (Lipinski definition) is 1. The van der Waals surface area contributed by atoms with Crippen LogP contribution in [0.1, 0.15) is 10.4 Å². The Morgan fingerprint density at radius 1 is 1.14 bits per heavy atom. The van der Waals surface area contributed by atoms with E-state index in [1.807, 2.05) is 0 Å². The Labute approximate surface area is 166 Å². The Morgan fingerprint density at radius 3 is 2.38 bits per heavy atom. The number of carbonyl (C=O) groups excluding carboxylic acids is 2. The molecule has 29 heavy (non-hydrogen) atoms. The van der Waals surface area contributed by atoms with E-state index in [4.69, 9.17) is 16.3 Å². The lowest BCUT2D eigenvalue weighted by Gasteiger charge is -2.09. The quantitative estimate of drug-likeness (QED) is 0.404. The maximum atomic E-state index is 12.0. The molecule has 1 amide bonds. The normalized spacial score (nSPS) is 10.9. The average Bonchev–Trinajstić information content (AvgIpc) is 2.65. The molecule has 1 N–H and O–H groups in total. The van der Waals surface area contributed by atoms with Gasteiger partial charge in [0.15, 0.2) is 6.61 Å². The second-order valence-electron chi connectivity index (χ2n) is 5.46. The van der Waals surface area contributed by atoms with E-state index in [2.05, 4.69) is 4.74 Å². The topological polar surface area (TPSA) is 108 Å². The number of ether oxygens (including phenoxy) is 2. The third kappa shape index (κ3) is 6.96. The largest absolute Gasteiger partial charge is 0.452 e. The van der Waals surface area contributed by atoms with Crippen LogP contribution in [0.25, 0.3) is 0 Å². The zero-order valence-electron chi connectivity index (χ0n) is 14.4. The van der Waals surface area contributed by atoms with Gasteiger partial charge in [-0.25, -0.2) is 4.79 Å². The van der Waals surface area contributed by atoms with E-state index in [0.717, 1.165) is 6.07 Å². The third-order valence-corrected chi connectivity index (χ3v) is 3.49. The minimum Gasteiger partial charge on any atom is -0.452 e. The van der Waals surface area contributed by atoms with E-state index in [0.29, 0.717) is 0 Å². The van der Waals surface area contributed by atoms with E-state index >= 15 is 0 Å². The van der Waals surface area contributed by atoms with Gasteiger partial charge in [0, 0.05) is 11.1 Å². The molecule has 0 aliphatic heterocycles. The van der Waals surface area contributed by atoms with Gasteiger partial charge >= 0.3 is 17.8 Å². The van der Waals surface area contributed by atoms with E-state index in [-0.39, 0.29) is 27.8 Å². The molecule has 0 saturated carbocycles. The monoisotopic (exact) mass is 432 g/mol. The summed E-state index contributed by atoms with van der Waals surface area (Å²) in [6.07, 6.45) is -4.57. The number of nitro groups is 1. The molecule has 8 nitrogen and oxygen atoms in total. The summed E-state index contributed by atoms with van der Waals surface area (Å²) >= 11 is 5.72. The van der Waals surface area contributed by atoms with E-state index < -0.39 is 36.1 Å². The number of benzene rings is 2. The summed E-state index contributed by atoms with van der Waals surface area (Å²) in [6, 6.07) is 8.98. The van der Waals surface area contributed by atoms with Crippen LogP contribution in [0.2, 0.25) is 5.02 Å². The maximum absolute atomic E-state index is 12.0. The van der Waals surface area contributed by atoms with E-state index in [1.54, 1.807) is 5.32 Å². The van der Waals surface area contributed by atoms with Crippen LogP contribution in [0.5, 0.6) is 11.5 Å². The predicted octanol–water partition coefficient (Wildman–Crippen LogP) is 3.88. The molecule has 12 heteroatoms. The zero-order valence-corrected chi connectivity index (χ0v) is 15.1. The molecule has 0 radical (unpaired) electrons.